The third-order valence-corrected chi connectivity index (χ3v) is 2.09. The maximum absolute atomic E-state index is 12.9. The van der Waals surface area contributed by atoms with Gasteiger partial charge >= 0.3 is 0 Å². The second kappa shape index (κ2) is 4.01. The SMILES string of the molecule is O=C(CBr)c1cc(Cl)ccc1F. The van der Waals surface area contributed by atoms with Crippen LogP contribution in [0.5, 0.6) is 0 Å². The summed E-state index contributed by atoms with van der Waals surface area (Å²) in [6.07, 6.45) is 0. The Morgan fingerprint density at radius 2 is 2.25 bits per heavy atom. The molecule has 0 aromatic heterocycles. The van der Waals surface area contributed by atoms with E-state index in [1.54, 1.807) is 0 Å². The van der Waals surface area contributed by atoms with Crippen LogP contribution in [0.15, 0.2) is 18.2 Å². The number of carbonyl (C=O) groups is 1. The van der Waals surface area contributed by atoms with E-state index in [2.05, 4.69) is 15.9 Å². The molecule has 0 heterocycles. The molecule has 0 N–H and O–H groups in total. The van der Waals surface area contributed by atoms with Crippen molar-refractivity contribution in [2.45, 2.75) is 0 Å². The van der Waals surface area contributed by atoms with Gasteiger partial charge in [-0.05, 0) is 18.2 Å². The number of halogens is 3. The molecule has 1 nitrogen and oxygen atoms in total. The minimum Gasteiger partial charge on any atom is -0.293 e. The molecule has 0 unspecified atom stereocenters. The van der Waals surface area contributed by atoms with Crippen molar-refractivity contribution in [2.24, 2.45) is 0 Å². The predicted octanol–water partition coefficient (Wildman–Crippen LogP) is 3.06. The molecule has 0 spiro atoms. The van der Waals surface area contributed by atoms with E-state index in [0.717, 1.165) is 0 Å². The molecule has 0 saturated carbocycles. The van der Waals surface area contributed by atoms with Gasteiger partial charge in [-0.25, -0.2) is 4.39 Å². The fraction of sp³-hybridized carbons (Fsp3) is 0.125. The van der Waals surface area contributed by atoms with E-state index in [4.69, 9.17) is 11.6 Å². The fourth-order valence-corrected chi connectivity index (χ4v) is 1.26. The molecule has 1 rings (SSSR count). The normalized spacial score (nSPS) is 9.92. The van der Waals surface area contributed by atoms with Crippen molar-refractivity contribution in [3.8, 4) is 0 Å². The number of rotatable bonds is 2. The zero-order valence-corrected chi connectivity index (χ0v) is 8.32. The molecule has 0 atom stereocenters. The molecule has 0 aliphatic heterocycles. The first-order chi connectivity index (χ1) is 5.65. The molecule has 0 fully saturated rings. The molecule has 0 amide bonds. The van der Waals surface area contributed by atoms with Crippen molar-refractivity contribution in [3.63, 3.8) is 0 Å². The van der Waals surface area contributed by atoms with E-state index in [-0.39, 0.29) is 16.7 Å². The van der Waals surface area contributed by atoms with Crippen LogP contribution in [0.1, 0.15) is 10.4 Å². The van der Waals surface area contributed by atoms with Crippen molar-refractivity contribution in [1.29, 1.82) is 0 Å². The zero-order valence-electron chi connectivity index (χ0n) is 5.98. The number of Topliss-reactive ketones (excluding diaryl/α,β-unsaturated/α-hetero) is 1. The second-order valence-electron chi connectivity index (χ2n) is 2.18. The minimum absolute atomic E-state index is 0.0272. The smallest absolute Gasteiger partial charge is 0.176 e. The van der Waals surface area contributed by atoms with Crippen LogP contribution in [-0.2, 0) is 0 Å². The lowest BCUT2D eigenvalue weighted by Crippen LogP contribution is -2.02. The van der Waals surface area contributed by atoms with Crippen molar-refractivity contribution in [3.05, 3.63) is 34.6 Å². The van der Waals surface area contributed by atoms with Gasteiger partial charge in [-0.3, -0.25) is 4.79 Å². The lowest BCUT2D eigenvalue weighted by atomic mass is 10.1. The van der Waals surface area contributed by atoms with Gasteiger partial charge in [0.05, 0.1) is 10.9 Å². The van der Waals surface area contributed by atoms with Gasteiger partial charge in [0.1, 0.15) is 5.82 Å². The number of ketones is 1. The van der Waals surface area contributed by atoms with Gasteiger partial charge in [-0.2, -0.15) is 0 Å². The van der Waals surface area contributed by atoms with Gasteiger partial charge in [0.2, 0.25) is 0 Å². The van der Waals surface area contributed by atoms with Crippen LogP contribution in [0.3, 0.4) is 0 Å². The van der Waals surface area contributed by atoms with Gasteiger partial charge in [-0.1, -0.05) is 27.5 Å². The second-order valence-corrected chi connectivity index (χ2v) is 3.18. The third kappa shape index (κ3) is 2.05. The van der Waals surface area contributed by atoms with Crippen molar-refractivity contribution < 1.29 is 9.18 Å². The summed E-state index contributed by atoms with van der Waals surface area (Å²) in [5.41, 5.74) is 0.0272. The van der Waals surface area contributed by atoms with Gasteiger partial charge in [-0.15, -0.1) is 0 Å². The van der Waals surface area contributed by atoms with E-state index in [1.807, 2.05) is 0 Å². The molecule has 1 aromatic rings. The van der Waals surface area contributed by atoms with Crippen LogP contribution in [0.4, 0.5) is 4.39 Å². The molecule has 0 saturated heterocycles. The Balaban J connectivity index is 3.13. The highest BCUT2D eigenvalue weighted by Crippen LogP contribution is 2.15. The van der Waals surface area contributed by atoms with E-state index in [1.165, 1.54) is 18.2 Å². The highest BCUT2D eigenvalue weighted by molar-refractivity contribution is 9.09. The molecule has 4 heteroatoms. The summed E-state index contributed by atoms with van der Waals surface area (Å²) in [7, 11) is 0. The van der Waals surface area contributed by atoms with Crippen molar-refractivity contribution in [2.75, 3.05) is 5.33 Å². The Morgan fingerprint density at radius 3 is 2.83 bits per heavy atom. The topological polar surface area (TPSA) is 17.1 Å². The first-order valence-electron chi connectivity index (χ1n) is 3.19. The lowest BCUT2D eigenvalue weighted by molar-refractivity contribution is 0.102. The van der Waals surface area contributed by atoms with Crippen LogP contribution in [-0.4, -0.2) is 11.1 Å². The van der Waals surface area contributed by atoms with Gasteiger partial charge in [0, 0.05) is 5.02 Å². The summed E-state index contributed by atoms with van der Waals surface area (Å²) >= 11 is 8.53. The van der Waals surface area contributed by atoms with Gasteiger partial charge in [0.25, 0.3) is 0 Å². The molecule has 0 bridgehead atoms. The third-order valence-electron chi connectivity index (χ3n) is 1.35. The van der Waals surface area contributed by atoms with Crippen LogP contribution in [0.2, 0.25) is 5.02 Å². The summed E-state index contributed by atoms with van der Waals surface area (Å²) in [4.78, 5) is 11.0. The number of benzene rings is 1. The summed E-state index contributed by atoms with van der Waals surface area (Å²) in [5.74, 6) is -0.848. The molecular formula is C8H5BrClFO. The summed E-state index contributed by atoms with van der Waals surface area (Å²) < 4.78 is 12.9. The highest BCUT2D eigenvalue weighted by Gasteiger charge is 2.09. The Hall–Kier alpha value is -0.410. The van der Waals surface area contributed by atoms with Crippen LogP contribution < -0.4 is 0 Å². The maximum atomic E-state index is 12.9. The number of carbonyl (C=O) groups excluding carboxylic acids is 1. The largest absolute Gasteiger partial charge is 0.293 e. The molecule has 12 heavy (non-hydrogen) atoms. The summed E-state index contributed by atoms with van der Waals surface area (Å²) in [5, 5.41) is 0.463. The maximum Gasteiger partial charge on any atom is 0.176 e. The van der Waals surface area contributed by atoms with Gasteiger partial charge in [0.15, 0.2) is 5.78 Å². The number of alkyl halides is 1. The quantitative estimate of drug-likeness (QED) is 0.583. The van der Waals surface area contributed by atoms with Gasteiger partial charge < -0.3 is 0 Å². The van der Waals surface area contributed by atoms with Crippen LogP contribution >= 0.6 is 27.5 Å². The average Bonchev–Trinajstić information content (AvgIpc) is 2.08. The van der Waals surface area contributed by atoms with Crippen LogP contribution in [0, 0.1) is 5.82 Å². The number of hydrogen-bond donors (Lipinski definition) is 0. The molecule has 64 valence electrons. The van der Waals surface area contributed by atoms with E-state index >= 15 is 0 Å². The molecule has 0 aliphatic carbocycles. The molecule has 1 aromatic carbocycles. The summed E-state index contributed by atoms with van der Waals surface area (Å²) in [6.45, 7) is 0. The highest BCUT2D eigenvalue weighted by atomic mass is 79.9. The van der Waals surface area contributed by atoms with Crippen LogP contribution in [0.25, 0.3) is 0 Å². The number of hydrogen-bond acceptors (Lipinski definition) is 1. The fourth-order valence-electron chi connectivity index (χ4n) is 0.783. The Kier molecular flexibility index (Phi) is 3.23. The Labute approximate surface area is 82.7 Å². The first-order valence-corrected chi connectivity index (χ1v) is 4.69. The first kappa shape index (κ1) is 9.68. The van der Waals surface area contributed by atoms with Crippen molar-refractivity contribution >= 4 is 33.3 Å². The Morgan fingerprint density at radius 1 is 1.58 bits per heavy atom. The lowest BCUT2D eigenvalue weighted by Gasteiger charge is -1.99. The average molecular weight is 251 g/mol. The Bertz CT molecular complexity index is 314. The van der Waals surface area contributed by atoms with E-state index < -0.39 is 5.82 Å². The van der Waals surface area contributed by atoms with Crippen molar-refractivity contribution in [1.82, 2.24) is 0 Å². The molecule has 0 radical (unpaired) electrons. The van der Waals surface area contributed by atoms with E-state index in [0.29, 0.717) is 5.02 Å². The zero-order chi connectivity index (χ0) is 9.14. The van der Waals surface area contributed by atoms with E-state index in [9.17, 15) is 9.18 Å². The minimum atomic E-state index is -0.538. The summed E-state index contributed by atoms with van der Waals surface area (Å²) in [6, 6.07) is 3.90. The molecular weight excluding hydrogens is 246 g/mol. The monoisotopic (exact) mass is 250 g/mol. The molecule has 0 aliphatic rings. The predicted molar refractivity (Wildman–Crippen MR) is 49.5 cm³/mol. The standard InChI is InChI=1S/C8H5BrClFO/c9-4-8(12)6-3-5(10)1-2-7(6)11/h1-3H,4H2.